The molecule has 1 aliphatic heterocycles. The lowest BCUT2D eigenvalue weighted by Crippen LogP contribution is -2.38. The molecule has 1 fully saturated rings. The van der Waals surface area contributed by atoms with Crippen LogP contribution in [-0.2, 0) is 10.0 Å². The van der Waals surface area contributed by atoms with Gasteiger partial charge < -0.3 is 0 Å². The van der Waals surface area contributed by atoms with Crippen LogP contribution in [0.3, 0.4) is 0 Å². The van der Waals surface area contributed by atoms with Crippen LogP contribution in [0.5, 0.6) is 0 Å². The summed E-state index contributed by atoms with van der Waals surface area (Å²) >= 11 is 0. The third-order valence-corrected chi connectivity index (χ3v) is 7.41. The number of rotatable bonds is 3. The average molecular weight is 358 g/mol. The van der Waals surface area contributed by atoms with Crippen LogP contribution in [0, 0.1) is 27.7 Å². The number of benzene rings is 2. The molecule has 1 aliphatic rings. The standard InChI is InChI=1S/C21H27NO2S/c1-15-5-7-19(8-6-15)20-9-11-22(12-10-20)25(23,24)21-17(3)13-16(2)14-18(21)4/h5-8,13-14,20H,9-12H2,1-4H3. The van der Waals surface area contributed by atoms with Crippen molar-refractivity contribution < 1.29 is 8.42 Å². The Morgan fingerprint density at radius 2 is 1.36 bits per heavy atom. The van der Waals surface area contributed by atoms with Crippen LogP contribution >= 0.6 is 0 Å². The molecule has 0 unspecified atom stereocenters. The van der Waals surface area contributed by atoms with Crippen molar-refractivity contribution in [2.45, 2.75) is 51.3 Å². The number of nitrogens with zero attached hydrogens (tertiary/aromatic N) is 1. The maximum absolute atomic E-state index is 13.2. The quantitative estimate of drug-likeness (QED) is 0.812. The minimum atomic E-state index is -3.42. The highest BCUT2D eigenvalue weighted by molar-refractivity contribution is 7.89. The zero-order valence-corrected chi connectivity index (χ0v) is 16.4. The molecular weight excluding hydrogens is 330 g/mol. The largest absolute Gasteiger partial charge is 0.243 e. The summed E-state index contributed by atoms with van der Waals surface area (Å²) in [5.74, 6) is 0.451. The van der Waals surface area contributed by atoms with Crippen LogP contribution in [0.2, 0.25) is 0 Å². The van der Waals surface area contributed by atoms with Gasteiger partial charge in [-0.25, -0.2) is 8.42 Å². The van der Waals surface area contributed by atoms with E-state index in [1.54, 1.807) is 4.31 Å². The second-order valence-electron chi connectivity index (χ2n) is 7.32. The van der Waals surface area contributed by atoms with Crippen molar-refractivity contribution in [1.82, 2.24) is 4.31 Å². The molecule has 0 bridgehead atoms. The van der Waals surface area contributed by atoms with Crippen molar-refractivity contribution in [3.63, 3.8) is 0 Å². The summed E-state index contributed by atoms with van der Waals surface area (Å²) in [7, 11) is -3.42. The van der Waals surface area contributed by atoms with Crippen molar-refractivity contribution in [2.75, 3.05) is 13.1 Å². The van der Waals surface area contributed by atoms with Crippen molar-refractivity contribution in [3.05, 3.63) is 64.2 Å². The van der Waals surface area contributed by atoms with Crippen molar-refractivity contribution in [1.29, 1.82) is 0 Å². The lowest BCUT2D eigenvalue weighted by Gasteiger charge is -2.32. The van der Waals surface area contributed by atoms with E-state index in [4.69, 9.17) is 0 Å². The Kier molecular flexibility index (Phi) is 5.03. The molecule has 3 nitrogen and oxygen atoms in total. The summed E-state index contributed by atoms with van der Waals surface area (Å²) < 4.78 is 28.0. The molecule has 134 valence electrons. The maximum Gasteiger partial charge on any atom is 0.243 e. The predicted molar refractivity (Wildman–Crippen MR) is 103 cm³/mol. The molecule has 2 aromatic rings. The average Bonchev–Trinajstić information content (AvgIpc) is 2.54. The van der Waals surface area contributed by atoms with Crippen LogP contribution < -0.4 is 0 Å². The smallest absolute Gasteiger partial charge is 0.207 e. The fourth-order valence-corrected chi connectivity index (χ4v) is 5.85. The Balaban J connectivity index is 1.79. The first kappa shape index (κ1) is 18.2. The molecule has 0 saturated carbocycles. The van der Waals surface area contributed by atoms with Crippen molar-refractivity contribution in [3.8, 4) is 0 Å². The Morgan fingerprint density at radius 3 is 1.88 bits per heavy atom. The van der Waals surface area contributed by atoms with E-state index in [1.807, 2.05) is 32.9 Å². The van der Waals surface area contributed by atoms with Crippen LogP contribution in [-0.4, -0.2) is 25.8 Å². The number of piperidine rings is 1. The molecule has 3 rings (SSSR count). The molecule has 0 aromatic heterocycles. The molecule has 0 amide bonds. The van der Waals surface area contributed by atoms with E-state index in [-0.39, 0.29) is 0 Å². The molecule has 0 radical (unpaired) electrons. The molecule has 1 heterocycles. The minimum Gasteiger partial charge on any atom is -0.207 e. The minimum absolute atomic E-state index is 0.451. The monoisotopic (exact) mass is 357 g/mol. The van der Waals surface area contributed by atoms with Crippen LogP contribution in [0.1, 0.15) is 46.6 Å². The van der Waals surface area contributed by atoms with Crippen molar-refractivity contribution >= 4 is 10.0 Å². The van der Waals surface area contributed by atoms with E-state index < -0.39 is 10.0 Å². The molecule has 0 aliphatic carbocycles. The van der Waals surface area contributed by atoms with Gasteiger partial charge in [-0.2, -0.15) is 4.31 Å². The van der Waals surface area contributed by atoms with Gasteiger partial charge in [0.1, 0.15) is 0 Å². The van der Waals surface area contributed by atoms with Gasteiger partial charge in [0.2, 0.25) is 10.0 Å². The molecule has 0 spiro atoms. The first-order valence-corrected chi connectivity index (χ1v) is 10.4. The lowest BCUT2D eigenvalue weighted by molar-refractivity contribution is 0.319. The molecule has 0 N–H and O–H groups in total. The third kappa shape index (κ3) is 3.65. The zero-order chi connectivity index (χ0) is 18.2. The second-order valence-corrected chi connectivity index (χ2v) is 9.19. The summed E-state index contributed by atoms with van der Waals surface area (Å²) in [6, 6.07) is 12.5. The van der Waals surface area contributed by atoms with Crippen LogP contribution in [0.25, 0.3) is 0 Å². The van der Waals surface area contributed by atoms with E-state index in [2.05, 4.69) is 31.2 Å². The van der Waals surface area contributed by atoms with E-state index in [1.165, 1.54) is 11.1 Å². The predicted octanol–water partition coefficient (Wildman–Crippen LogP) is 4.49. The van der Waals surface area contributed by atoms with Crippen LogP contribution in [0.15, 0.2) is 41.3 Å². The molecule has 2 aromatic carbocycles. The molecule has 0 atom stereocenters. The van der Waals surface area contributed by atoms with Gasteiger partial charge in [-0.1, -0.05) is 47.5 Å². The first-order chi connectivity index (χ1) is 11.8. The summed E-state index contributed by atoms with van der Waals surface area (Å²) in [5.41, 5.74) is 5.38. The number of hydrogen-bond acceptors (Lipinski definition) is 2. The van der Waals surface area contributed by atoms with Gasteiger partial charge in [0.25, 0.3) is 0 Å². The molecular formula is C21H27NO2S. The Bertz CT molecular complexity index is 838. The molecule has 4 heteroatoms. The topological polar surface area (TPSA) is 37.4 Å². The third-order valence-electron chi connectivity index (χ3n) is 5.21. The second kappa shape index (κ2) is 6.93. The van der Waals surface area contributed by atoms with Gasteiger partial charge in [0.05, 0.1) is 4.90 Å². The fraction of sp³-hybridized carbons (Fsp3) is 0.429. The SMILES string of the molecule is Cc1ccc(C2CCN(S(=O)(=O)c3c(C)cc(C)cc3C)CC2)cc1. The maximum atomic E-state index is 13.2. The molecule has 1 saturated heterocycles. The fourth-order valence-electron chi connectivity index (χ4n) is 3.97. The molecule has 25 heavy (non-hydrogen) atoms. The van der Waals surface area contributed by atoms with Crippen molar-refractivity contribution in [2.24, 2.45) is 0 Å². The Labute approximate surface area is 151 Å². The highest BCUT2D eigenvalue weighted by Gasteiger charge is 2.31. The Morgan fingerprint density at radius 1 is 0.840 bits per heavy atom. The first-order valence-electron chi connectivity index (χ1n) is 8.93. The number of hydrogen-bond donors (Lipinski definition) is 0. The van der Waals surface area contributed by atoms with E-state index >= 15 is 0 Å². The zero-order valence-electron chi connectivity index (χ0n) is 15.5. The summed E-state index contributed by atoms with van der Waals surface area (Å²) in [4.78, 5) is 0.492. The number of sulfonamides is 1. The van der Waals surface area contributed by atoms with Crippen LogP contribution in [0.4, 0.5) is 0 Å². The lowest BCUT2D eigenvalue weighted by atomic mass is 9.90. The summed E-state index contributed by atoms with van der Waals surface area (Å²) in [6.45, 7) is 9.06. The van der Waals surface area contributed by atoms with Gasteiger partial charge in [0.15, 0.2) is 0 Å². The van der Waals surface area contributed by atoms with Gasteiger partial charge >= 0.3 is 0 Å². The number of aryl methyl sites for hydroxylation is 4. The van der Waals surface area contributed by atoms with E-state index in [9.17, 15) is 8.42 Å². The van der Waals surface area contributed by atoms with E-state index in [0.717, 1.165) is 29.5 Å². The van der Waals surface area contributed by atoms with E-state index in [0.29, 0.717) is 23.9 Å². The summed E-state index contributed by atoms with van der Waals surface area (Å²) in [5, 5.41) is 0. The normalized spacial score (nSPS) is 17.0. The van der Waals surface area contributed by atoms with Gasteiger partial charge in [-0.15, -0.1) is 0 Å². The van der Waals surface area contributed by atoms with Gasteiger partial charge in [-0.3, -0.25) is 0 Å². The van der Waals surface area contributed by atoms with Gasteiger partial charge in [-0.05, 0) is 63.1 Å². The highest BCUT2D eigenvalue weighted by atomic mass is 32.2. The van der Waals surface area contributed by atoms with Gasteiger partial charge in [0, 0.05) is 13.1 Å². The highest BCUT2D eigenvalue weighted by Crippen LogP contribution is 2.32. The summed E-state index contributed by atoms with van der Waals surface area (Å²) in [6.07, 6.45) is 1.76. The Hall–Kier alpha value is -1.65.